The maximum absolute atomic E-state index is 13.0. The van der Waals surface area contributed by atoms with E-state index >= 15 is 0 Å². The summed E-state index contributed by atoms with van der Waals surface area (Å²) in [4.78, 5) is 4.23. The smallest absolute Gasteiger partial charge is 0.141 e. The van der Waals surface area contributed by atoms with Crippen LogP contribution in [0.1, 0.15) is 41.8 Å². The molecule has 1 heterocycles. The maximum atomic E-state index is 13.0. The predicted molar refractivity (Wildman–Crippen MR) is 80.2 cm³/mol. The molecule has 2 nitrogen and oxygen atoms in total. The molecule has 2 rings (SSSR count). The summed E-state index contributed by atoms with van der Waals surface area (Å²) in [5.74, 6) is -0.302. The van der Waals surface area contributed by atoms with Crippen molar-refractivity contribution in [2.45, 2.75) is 33.2 Å². The molecule has 0 fully saturated rings. The van der Waals surface area contributed by atoms with Crippen molar-refractivity contribution in [2.24, 2.45) is 0 Å². The zero-order chi connectivity index (χ0) is 14.5. The Morgan fingerprint density at radius 3 is 2.40 bits per heavy atom. The average molecular weight is 272 g/mol. The molecule has 2 aromatic rings. The van der Waals surface area contributed by atoms with E-state index in [-0.39, 0.29) is 11.9 Å². The van der Waals surface area contributed by atoms with Gasteiger partial charge in [-0.2, -0.15) is 0 Å². The molecule has 0 bridgehead atoms. The molecule has 3 heteroatoms. The highest BCUT2D eigenvalue weighted by Gasteiger charge is 2.15. The lowest BCUT2D eigenvalue weighted by atomic mass is 9.98. The van der Waals surface area contributed by atoms with E-state index in [0.717, 1.165) is 18.7 Å². The fraction of sp³-hybridized carbons (Fsp3) is 0.353. The van der Waals surface area contributed by atoms with Crippen LogP contribution in [0.25, 0.3) is 0 Å². The summed E-state index contributed by atoms with van der Waals surface area (Å²) in [5.41, 5.74) is 4.48. The topological polar surface area (TPSA) is 24.9 Å². The molecule has 0 aliphatic carbocycles. The molecule has 0 aliphatic rings. The first-order chi connectivity index (χ1) is 9.60. The molecule has 1 aromatic carbocycles. The zero-order valence-electron chi connectivity index (χ0n) is 12.3. The van der Waals surface area contributed by atoms with E-state index in [2.05, 4.69) is 49.3 Å². The van der Waals surface area contributed by atoms with Crippen molar-refractivity contribution in [1.29, 1.82) is 0 Å². The van der Waals surface area contributed by atoms with Crippen LogP contribution in [0.15, 0.2) is 36.5 Å². The fourth-order valence-electron chi connectivity index (χ4n) is 2.42. The van der Waals surface area contributed by atoms with Gasteiger partial charge in [-0.3, -0.25) is 4.98 Å². The molecule has 0 aliphatic heterocycles. The standard InChI is InChI=1S/C17H21FN2/c1-4-7-19-17(16-6-5-15(18)11-20-16)14-9-12(2)8-13(3)10-14/h5-6,8-11,17,19H,4,7H2,1-3H3. The van der Waals surface area contributed by atoms with E-state index in [1.165, 1.54) is 29.0 Å². The highest BCUT2D eigenvalue weighted by atomic mass is 19.1. The van der Waals surface area contributed by atoms with E-state index in [0.29, 0.717) is 0 Å². The van der Waals surface area contributed by atoms with E-state index in [1.54, 1.807) is 6.07 Å². The third-order valence-corrected chi connectivity index (χ3v) is 3.22. The lowest BCUT2D eigenvalue weighted by molar-refractivity contribution is 0.576. The Morgan fingerprint density at radius 1 is 1.15 bits per heavy atom. The second-order valence-corrected chi connectivity index (χ2v) is 5.21. The van der Waals surface area contributed by atoms with Crippen LogP contribution in [0, 0.1) is 19.7 Å². The third-order valence-electron chi connectivity index (χ3n) is 3.22. The van der Waals surface area contributed by atoms with Crippen LogP contribution >= 0.6 is 0 Å². The number of aromatic nitrogens is 1. The molecule has 0 saturated carbocycles. The number of hydrogen-bond donors (Lipinski definition) is 1. The summed E-state index contributed by atoms with van der Waals surface area (Å²) in [7, 11) is 0. The number of pyridine rings is 1. The Labute approximate surface area is 120 Å². The largest absolute Gasteiger partial charge is 0.305 e. The Bertz CT molecular complexity index is 543. The number of halogens is 1. The van der Waals surface area contributed by atoms with Gasteiger partial charge in [0.1, 0.15) is 5.82 Å². The van der Waals surface area contributed by atoms with Crippen molar-refractivity contribution in [2.75, 3.05) is 6.54 Å². The van der Waals surface area contributed by atoms with E-state index in [9.17, 15) is 4.39 Å². The average Bonchev–Trinajstić information content (AvgIpc) is 2.40. The van der Waals surface area contributed by atoms with Crippen molar-refractivity contribution >= 4 is 0 Å². The van der Waals surface area contributed by atoms with E-state index < -0.39 is 0 Å². The van der Waals surface area contributed by atoms with Gasteiger partial charge in [-0.05, 0) is 44.5 Å². The number of hydrogen-bond acceptors (Lipinski definition) is 2. The summed E-state index contributed by atoms with van der Waals surface area (Å²) in [6.07, 6.45) is 2.32. The molecule has 1 atom stereocenters. The Morgan fingerprint density at radius 2 is 1.85 bits per heavy atom. The Hall–Kier alpha value is -1.74. The summed E-state index contributed by atoms with van der Waals surface area (Å²) < 4.78 is 13.0. The monoisotopic (exact) mass is 272 g/mol. The normalized spacial score (nSPS) is 12.4. The number of benzene rings is 1. The number of rotatable bonds is 5. The van der Waals surface area contributed by atoms with Crippen LogP contribution in [0.4, 0.5) is 4.39 Å². The lowest BCUT2D eigenvalue weighted by Crippen LogP contribution is -2.24. The van der Waals surface area contributed by atoms with Crippen LogP contribution in [-0.4, -0.2) is 11.5 Å². The number of aryl methyl sites for hydroxylation is 2. The van der Waals surface area contributed by atoms with Gasteiger partial charge in [0.2, 0.25) is 0 Å². The summed E-state index contributed by atoms with van der Waals surface area (Å²) in [6, 6.07) is 9.69. The summed E-state index contributed by atoms with van der Waals surface area (Å²) >= 11 is 0. The minimum atomic E-state index is -0.302. The van der Waals surface area contributed by atoms with Gasteiger partial charge < -0.3 is 5.32 Å². The zero-order valence-corrected chi connectivity index (χ0v) is 12.3. The lowest BCUT2D eigenvalue weighted by Gasteiger charge is -2.19. The number of nitrogens with one attached hydrogen (secondary N) is 1. The van der Waals surface area contributed by atoms with Gasteiger partial charge in [-0.1, -0.05) is 36.2 Å². The SMILES string of the molecule is CCCNC(c1cc(C)cc(C)c1)c1ccc(F)cn1. The van der Waals surface area contributed by atoms with Crippen LogP contribution in [0.2, 0.25) is 0 Å². The fourth-order valence-corrected chi connectivity index (χ4v) is 2.42. The van der Waals surface area contributed by atoms with Gasteiger partial charge in [0.05, 0.1) is 17.9 Å². The molecule has 106 valence electrons. The predicted octanol–water partition coefficient (Wildman–Crippen LogP) is 3.93. The van der Waals surface area contributed by atoms with Crippen molar-refractivity contribution in [3.8, 4) is 0 Å². The first-order valence-electron chi connectivity index (χ1n) is 7.03. The second-order valence-electron chi connectivity index (χ2n) is 5.21. The van der Waals surface area contributed by atoms with Crippen LogP contribution in [0.5, 0.6) is 0 Å². The highest BCUT2D eigenvalue weighted by Crippen LogP contribution is 2.23. The molecule has 0 radical (unpaired) electrons. The van der Waals surface area contributed by atoms with Gasteiger partial charge in [0.15, 0.2) is 0 Å². The Balaban J connectivity index is 2.38. The second kappa shape index (κ2) is 6.62. The van der Waals surface area contributed by atoms with Gasteiger partial charge in [-0.15, -0.1) is 0 Å². The van der Waals surface area contributed by atoms with E-state index in [4.69, 9.17) is 0 Å². The molecule has 20 heavy (non-hydrogen) atoms. The minimum Gasteiger partial charge on any atom is -0.305 e. The first kappa shape index (κ1) is 14.7. The molecular formula is C17H21FN2. The minimum absolute atomic E-state index is 0.00847. The summed E-state index contributed by atoms with van der Waals surface area (Å²) in [6.45, 7) is 7.21. The van der Waals surface area contributed by atoms with Gasteiger partial charge in [0.25, 0.3) is 0 Å². The van der Waals surface area contributed by atoms with Crippen LogP contribution in [-0.2, 0) is 0 Å². The van der Waals surface area contributed by atoms with Crippen LogP contribution in [0.3, 0.4) is 0 Å². The van der Waals surface area contributed by atoms with Gasteiger partial charge in [0, 0.05) is 0 Å². The van der Waals surface area contributed by atoms with Gasteiger partial charge in [-0.25, -0.2) is 4.39 Å². The highest BCUT2D eigenvalue weighted by molar-refractivity contribution is 5.34. The molecule has 0 amide bonds. The maximum Gasteiger partial charge on any atom is 0.141 e. The molecule has 1 unspecified atom stereocenters. The molecule has 1 aromatic heterocycles. The third kappa shape index (κ3) is 3.64. The van der Waals surface area contributed by atoms with Crippen molar-refractivity contribution in [3.63, 3.8) is 0 Å². The van der Waals surface area contributed by atoms with Gasteiger partial charge >= 0.3 is 0 Å². The van der Waals surface area contributed by atoms with Crippen LogP contribution < -0.4 is 5.32 Å². The molecule has 0 saturated heterocycles. The van der Waals surface area contributed by atoms with Crippen molar-refractivity contribution in [3.05, 3.63) is 64.7 Å². The van der Waals surface area contributed by atoms with Crippen molar-refractivity contribution < 1.29 is 4.39 Å². The van der Waals surface area contributed by atoms with E-state index in [1.807, 2.05) is 0 Å². The molecule has 1 N–H and O–H groups in total. The van der Waals surface area contributed by atoms with Crippen molar-refractivity contribution in [1.82, 2.24) is 10.3 Å². The molecular weight excluding hydrogens is 251 g/mol. The summed E-state index contributed by atoms with van der Waals surface area (Å²) in [5, 5.41) is 3.49. The Kier molecular flexibility index (Phi) is 4.85. The number of nitrogens with zero attached hydrogens (tertiary/aromatic N) is 1. The quantitative estimate of drug-likeness (QED) is 0.892. The molecule has 0 spiro atoms. The first-order valence-corrected chi connectivity index (χ1v) is 7.03.